The Hall–Kier alpha value is -2.51. The van der Waals surface area contributed by atoms with Crippen molar-refractivity contribution in [2.24, 2.45) is 7.05 Å². The van der Waals surface area contributed by atoms with E-state index in [9.17, 15) is 4.79 Å². The summed E-state index contributed by atoms with van der Waals surface area (Å²) in [6.07, 6.45) is 5.66. The summed E-state index contributed by atoms with van der Waals surface area (Å²) in [4.78, 5) is 22.0. The fraction of sp³-hybridized carbons (Fsp3) is 0.421. The van der Waals surface area contributed by atoms with Crippen molar-refractivity contribution in [3.63, 3.8) is 0 Å². The normalized spacial score (nSPS) is 19.0. The molecule has 0 N–H and O–H groups in total. The first-order chi connectivity index (χ1) is 12.7. The number of hydrogen-bond acceptors (Lipinski definition) is 5. The summed E-state index contributed by atoms with van der Waals surface area (Å²) in [5, 5.41) is 0.642. The highest BCUT2D eigenvalue weighted by Crippen LogP contribution is 2.32. The lowest BCUT2D eigenvalue weighted by Crippen LogP contribution is -2.31. The van der Waals surface area contributed by atoms with Crippen molar-refractivity contribution in [3.8, 4) is 11.3 Å². The van der Waals surface area contributed by atoms with E-state index in [1.807, 2.05) is 36.0 Å². The Balaban J connectivity index is 1.61. The second kappa shape index (κ2) is 5.75. The largest absolute Gasteiger partial charge is 0.347 e. The minimum Gasteiger partial charge on any atom is -0.347 e. The van der Waals surface area contributed by atoms with Gasteiger partial charge in [0.1, 0.15) is 5.82 Å². The molecule has 5 rings (SSSR count). The van der Waals surface area contributed by atoms with Gasteiger partial charge >= 0.3 is 0 Å². The SMILES string of the molecule is Cn1cncc1-c1ccc2c(=O)n3c(nc2c1)CCC1(CC3)OCCO1. The van der Waals surface area contributed by atoms with Crippen LogP contribution in [-0.4, -0.2) is 38.1 Å². The molecule has 0 atom stereocenters. The van der Waals surface area contributed by atoms with Crippen molar-refractivity contribution in [2.45, 2.75) is 31.6 Å². The average molecular weight is 352 g/mol. The molecule has 3 aromatic rings. The monoisotopic (exact) mass is 352 g/mol. The molecule has 2 aliphatic heterocycles. The second-order valence-corrected chi connectivity index (χ2v) is 6.96. The standard InChI is InChI=1S/C19H20N4O3/c1-22-12-20-11-16(22)13-2-3-14-15(10-13)21-17-4-5-19(25-8-9-26-19)6-7-23(17)18(14)24/h2-3,10-12H,4-9H2,1H3. The molecule has 7 heteroatoms. The Bertz CT molecular complexity index is 1050. The number of nitrogens with zero attached hydrogens (tertiary/aromatic N) is 4. The topological polar surface area (TPSA) is 71.2 Å². The third-order valence-electron chi connectivity index (χ3n) is 5.41. The molecule has 0 unspecified atom stereocenters. The van der Waals surface area contributed by atoms with Crippen molar-refractivity contribution in [1.82, 2.24) is 19.1 Å². The Morgan fingerprint density at radius 2 is 2.04 bits per heavy atom. The summed E-state index contributed by atoms with van der Waals surface area (Å²) >= 11 is 0. The van der Waals surface area contributed by atoms with Gasteiger partial charge in [-0.1, -0.05) is 6.07 Å². The fourth-order valence-corrected chi connectivity index (χ4v) is 3.98. The number of imidazole rings is 1. The lowest BCUT2D eigenvalue weighted by Gasteiger charge is -2.24. The van der Waals surface area contributed by atoms with Crippen molar-refractivity contribution in [3.05, 3.63) is 46.9 Å². The van der Waals surface area contributed by atoms with E-state index in [4.69, 9.17) is 14.5 Å². The lowest BCUT2D eigenvalue weighted by atomic mass is 10.1. The summed E-state index contributed by atoms with van der Waals surface area (Å²) in [5.41, 5.74) is 2.73. The zero-order chi connectivity index (χ0) is 17.7. The smallest absolute Gasteiger partial charge is 0.261 e. The van der Waals surface area contributed by atoms with Gasteiger partial charge in [-0.25, -0.2) is 9.97 Å². The molecule has 0 aliphatic carbocycles. The van der Waals surface area contributed by atoms with Crippen LogP contribution in [0, 0.1) is 0 Å². The van der Waals surface area contributed by atoms with Crippen LogP contribution in [-0.2, 0) is 29.5 Å². The van der Waals surface area contributed by atoms with Gasteiger partial charge in [-0.15, -0.1) is 0 Å². The number of aromatic nitrogens is 4. The molecule has 1 saturated heterocycles. The molecule has 1 aromatic carbocycles. The van der Waals surface area contributed by atoms with E-state index >= 15 is 0 Å². The van der Waals surface area contributed by atoms with Crippen LogP contribution in [0.3, 0.4) is 0 Å². The minimum absolute atomic E-state index is 0.0107. The van der Waals surface area contributed by atoms with Gasteiger partial charge in [0.25, 0.3) is 5.56 Å². The van der Waals surface area contributed by atoms with Crippen LogP contribution in [0.5, 0.6) is 0 Å². The summed E-state index contributed by atoms with van der Waals surface area (Å²) in [6, 6.07) is 5.79. The maximum atomic E-state index is 13.0. The van der Waals surface area contributed by atoms with Crippen LogP contribution in [0.25, 0.3) is 22.2 Å². The maximum absolute atomic E-state index is 13.0. The Labute approximate surface area is 150 Å². The van der Waals surface area contributed by atoms with Gasteiger partial charge in [0, 0.05) is 38.4 Å². The third kappa shape index (κ3) is 2.39. The van der Waals surface area contributed by atoms with Gasteiger partial charge in [0.05, 0.1) is 42.3 Å². The van der Waals surface area contributed by atoms with E-state index in [2.05, 4.69) is 4.98 Å². The molecule has 26 heavy (non-hydrogen) atoms. The van der Waals surface area contributed by atoms with E-state index in [0.29, 0.717) is 38.0 Å². The molecule has 0 radical (unpaired) electrons. The van der Waals surface area contributed by atoms with Gasteiger partial charge in [0.15, 0.2) is 5.79 Å². The fourth-order valence-electron chi connectivity index (χ4n) is 3.98. The van der Waals surface area contributed by atoms with E-state index in [1.54, 1.807) is 10.9 Å². The highest BCUT2D eigenvalue weighted by molar-refractivity contribution is 5.83. The van der Waals surface area contributed by atoms with Crippen molar-refractivity contribution >= 4 is 10.9 Å². The third-order valence-corrected chi connectivity index (χ3v) is 5.41. The van der Waals surface area contributed by atoms with Crippen LogP contribution in [0.15, 0.2) is 35.5 Å². The molecule has 4 heterocycles. The number of benzene rings is 1. The summed E-state index contributed by atoms with van der Waals surface area (Å²) in [6.45, 7) is 1.81. The van der Waals surface area contributed by atoms with Gasteiger partial charge in [-0.3, -0.25) is 9.36 Å². The van der Waals surface area contributed by atoms with Crippen molar-refractivity contribution in [2.75, 3.05) is 13.2 Å². The van der Waals surface area contributed by atoms with Gasteiger partial charge in [-0.05, 0) is 12.1 Å². The van der Waals surface area contributed by atoms with E-state index in [0.717, 1.165) is 29.0 Å². The van der Waals surface area contributed by atoms with Crippen LogP contribution < -0.4 is 5.56 Å². The predicted octanol–water partition coefficient (Wildman–Crippen LogP) is 1.88. The van der Waals surface area contributed by atoms with Crippen LogP contribution in [0.4, 0.5) is 0 Å². The van der Waals surface area contributed by atoms with Crippen LogP contribution in [0.2, 0.25) is 0 Å². The van der Waals surface area contributed by atoms with E-state index in [-0.39, 0.29) is 5.56 Å². The molecule has 0 bridgehead atoms. The second-order valence-electron chi connectivity index (χ2n) is 6.96. The summed E-state index contributed by atoms with van der Waals surface area (Å²) in [5.74, 6) is 0.257. The number of aryl methyl sites for hydroxylation is 2. The quantitative estimate of drug-likeness (QED) is 0.669. The van der Waals surface area contributed by atoms with Crippen LogP contribution in [0.1, 0.15) is 18.7 Å². The lowest BCUT2D eigenvalue weighted by molar-refractivity contribution is -0.165. The average Bonchev–Trinajstić information content (AvgIpc) is 3.24. The summed E-state index contributed by atoms with van der Waals surface area (Å²) in [7, 11) is 1.95. The molecule has 7 nitrogen and oxygen atoms in total. The number of rotatable bonds is 1. The molecular formula is C19H20N4O3. The molecule has 0 saturated carbocycles. The molecule has 2 aliphatic rings. The molecule has 1 fully saturated rings. The van der Waals surface area contributed by atoms with Crippen LogP contribution >= 0.6 is 0 Å². The first-order valence-corrected chi connectivity index (χ1v) is 8.93. The van der Waals surface area contributed by atoms with Crippen molar-refractivity contribution < 1.29 is 9.47 Å². The number of fused-ring (bicyclic) bond motifs is 2. The first-order valence-electron chi connectivity index (χ1n) is 8.93. The summed E-state index contributed by atoms with van der Waals surface area (Å²) < 4.78 is 15.4. The van der Waals surface area contributed by atoms with Gasteiger partial charge in [-0.2, -0.15) is 0 Å². The number of ether oxygens (including phenoxy) is 2. The predicted molar refractivity (Wildman–Crippen MR) is 95.8 cm³/mol. The maximum Gasteiger partial charge on any atom is 0.261 e. The Morgan fingerprint density at radius 3 is 2.81 bits per heavy atom. The zero-order valence-electron chi connectivity index (χ0n) is 14.6. The Morgan fingerprint density at radius 1 is 1.19 bits per heavy atom. The molecule has 0 amide bonds. The van der Waals surface area contributed by atoms with Gasteiger partial charge < -0.3 is 14.0 Å². The van der Waals surface area contributed by atoms with Crippen molar-refractivity contribution in [1.29, 1.82) is 0 Å². The van der Waals surface area contributed by atoms with Gasteiger partial charge in [0.2, 0.25) is 0 Å². The molecule has 1 spiro atoms. The van der Waals surface area contributed by atoms with E-state index in [1.165, 1.54) is 0 Å². The molecule has 134 valence electrons. The first kappa shape index (κ1) is 15.7. The molecule has 2 aromatic heterocycles. The Kier molecular flexibility index (Phi) is 3.48. The number of hydrogen-bond donors (Lipinski definition) is 0. The highest BCUT2D eigenvalue weighted by Gasteiger charge is 2.38. The van der Waals surface area contributed by atoms with E-state index < -0.39 is 5.79 Å². The highest BCUT2D eigenvalue weighted by atomic mass is 16.7. The zero-order valence-corrected chi connectivity index (χ0v) is 14.6. The minimum atomic E-state index is -0.549. The molecular weight excluding hydrogens is 332 g/mol.